The van der Waals surface area contributed by atoms with Crippen LogP contribution in [0.15, 0.2) is 54.6 Å². The molecule has 30 heavy (non-hydrogen) atoms. The number of benzene rings is 2. The van der Waals surface area contributed by atoms with E-state index in [1.807, 2.05) is 12.2 Å². The Morgan fingerprint density at radius 2 is 1.93 bits per heavy atom. The zero-order valence-corrected chi connectivity index (χ0v) is 16.5. The second-order valence-corrected chi connectivity index (χ2v) is 8.29. The van der Waals surface area contributed by atoms with Gasteiger partial charge in [0.15, 0.2) is 11.5 Å². The molecule has 1 spiro atoms. The molecule has 2 bridgehead atoms. The molecular formula is C22H17ClN2O5. The van der Waals surface area contributed by atoms with E-state index in [4.69, 9.17) is 25.8 Å². The molecule has 2 fully saturated rings. The van der Waals surface area contributed by atoms with Crippen LogP contribution in [0.1, 0.15) is 0 Å². The lowest BCUT2D eigenvalue weighted by Gasteiger charge is -2.23. The third-order valence-electron chi connectivity index (χ3n) is 6.18. The van der Waals surface area contributed by atoms with Crippen molar-refractivity contribution in [1.29, 1.82) is 0 Å². The van der Waals surface area contributed by atoms with Gasteiger partial charge in [-0.3, -0.25) is 9.59 Å². The van der Waals surface area contributed by atoms with Crippen LogP contribution < -0.4 is 19.7 Å². The minimum Gasteiger partial charge on any atom is -0.454 e. The fraction of sp³-hybridized carbons (Fsp3) is 0.273. The molecule has 0 saturated carbocycles. The van der Waals surface area contributed by atoms with E-state index in [2.05, 4.69) is 5.32 Å². The van der Waals surface area contributed by atoms with Crippen molar-refractivity contribution < 1.29 is 23.8 Å². The van der Waals surface area contributed by atoms with E-state index in [9.17, 15) is 9.59 Å². The summed E-state index contributed by atoms with van der Waals surface area (Å²) in [7, 11) is 0. The van der Waals surface area contributed by atoms with Crippen molar-refractivity contribution >= 4 is 34.8 Å². The van der Waals surface area contributed by atoms with E-state index in [-0.39, 0.29) is 18.6 Å². The molecule has 0 radical (unpaired) electrons. The van der Waals surface area contributed by atoms with E-state index in [0.29, 0.717) is 28.8 Å². The SMILES string of the molecule is O=C(Nc1ccc2c(c1)OCO2)[C@H]1[C@H]2C=C[C@]3(CN(c4ccc(Cl)cc4)C(=O)[C@@H]13)O2. The van der Waals surface area contributed by atoms with Crippen LogP contribution in [0.4, 0.5) is 11.4 Å². The Morgan fingerprint density at radius 3 is 2.77 bits per heavy atom. The molecule has 2 saturated heterocycles. The number of fused-ring (bicyclic) bond motifs is 2. The Kier molecular flexibility index (Phi) is 3.70. The molecule has 2 amide bonds. The maximum Gasteiger partial charge on any atom is 0.234 e. The van der Waals surface area contributed by atoms with Gasteiger partial charge in [-0.25, -0.2) is 0 Å². The van der Waals surface area contributed by atoms with Crippen LogP contribution in [0.2, 0.25) is 5.02 Å². The average molecular weight is 425 g/mol. The third kappa shape index (κ3) is 2.49. The van der Waals surface area contributed by atoms with Gasteiger partial charge in [-0.15, -0.1) is 0 Å². The lowest BCUT2D eigenvalue weighted by molar-refractivity contribution is -0.128. The van der Waals surface area contributed by atoms with Gasteiger partial charge in [0, 0.05) is 22.5 Å². The van der Waals surface area contributed by atoms with Gasteiger partial charge < -0.3 is 24.4 Å². The molecule has 0 aliphatic carbocycles. The fourth-order valence-corrected chi connectivity index (χ4v) is 4.96. The van der Waals surface area contributed by atoms with Gasteiger partial charge in [0.25, 0.3) is 0 Å². The normalized spacial score (nSPS) is 30.1. The highest BCUT2D eigenvalue weighted by Gasteiger charge is 2.67. The first kappa shape index (κ1) is 17.8. The number of carbonyl (C=O) groups excluding carboxylic acids is 2. The molecule has 2 aromatic carbocycles. The number of nitrogens with one attached hydrogen (secondary N) is 1. The number of hydrogen-bond donors (Lipinski definition) is 1. The van der Waals surface area contributed by atoms with Gasteiger partial charge in [-0.1, -0.05) is 23.8 Å². The van der Waals surface area contributed by atoms with Gasteiger partial charge in [0.05, 0.1) is 24.5 Å². The lowest BCUT2D eigenvalue weighted by atomic mass is 9.77. The quantitative estimate of drug-likeness (QED) is 0.766. The van der Waals surface area contributed by atoms with Gasteiger partial charge in [0.2, 0.25) is 18.6 Å². The molecule has 152 valence electrons. The summed E-state index contributed by atoms with van der Waals surface area (Å²) in [5.41, 5.74) is 0.548. The first-order chi connectivity index (χ1) is 14.5. The van der Waals surface area contributed by atoms with Crippen molar-refractivity contribution in [1.82, 2.24) is 0 Å². The van der Waals surface area contributed by atoms with Crippen LogP contribution in [0.25, 0.3) is 0 Å². The Labute approximate surface area is 177 Å². The smallest absolute Gasteiger partial charge is 0.234 e. The van der Waals surface area contributed by atoms with Gasteiger partial charge >= 0.3 is 0 Å². The van der Waals surface area contributed by atoms with E-state index < -0.39 is 23.5 Å². The Balaban J connectivity index is 1.28. The Bertz CT molecular complexity index is 1100. The van der Waals surface area contributed by atoms with Crippen molar-refractivity contribution in [2.45, 2.75) is 11.7 Å². The highest BCUT2D eigenvalue weighted by molar-refractivity contribution is 6.30. The standard InChI is InChI=1S/C22H17ClN2O5/c23-12-1-4-14(5-2-12)25-10-22-8-7-16(30-22)18(19(22)21(25)27)20(26)24-13-3-6-15-17(9-13)29-11-28-15/h1-9,16,18-19H,10-11H2,(H,24,26)/t16-,18+,19-,22-/m1/s1. The molecule has 4 aliphatic rings. The fourth-order valence-electron chi connectivity index (χ4n) is 4.84. The number of rotatable bonds is 3. The third-order valence-corrected chi connectivity index (χ3v) is 6.43. The minimum absolute atomic E-state index is 0.116. The van der Waals surface area contributed by atoms with Crippen molar-refractivity contribution in [2.75, 3.05) is 23.6 Å². The van der Waals surface area contributed by atoms with E-state index >= 15 is 0 Å². The number of hydrogen-bond acceptors (Lipinski definition) is 5. The summed E-state index contributed by atoms with van der Waals surface area (Å²) in [6.07, 6.45) is 3.40. The van der Waals surface area contributed by atoms with Crippen molar-refractivity contribution in [3.63, 3.8) is 0 Å². The summed E-state index contributed by atoms with van der Waals surface area (Å²) in [5.74, 6) is -0.319. The Morgan fingerprint density at radius 1 is 1.13 bits per heavy atom. The minimum atomic E-state index is -0.779. The molecule has 7 nitrogen and oxygen atoms in total. The van der Waals surface area contributed by atoms with Crippen LogP contribution >= 0.6 is 11.6 Å². The maximum absolute atomic E-state index is 13.3. The van der Waals surface area contributed by atoms with Gasteiger partial charge in [-0.2, -0.15) is 0 Å². The number of nitrogens with zero attached hydrogens (tertiary/aromatic N) is 1. The molecule has 2 aromatic rings. The van der Waals surface area contributed by atoms with Gasteiger partial charge in [-0.05, 0) is 36.4 Å². The van der Waals surface area contributed by atoms with Crippen LogP contribution in [0.3, 0.4) is 0 Å². The van der Waals surface area contributed by atoms with Crippen LogP contribution in [0, 0.1) is 11.8 Å². The predicted octanol–water partition coefficient (Wildman–Crippen LogP) is 2.99. The summed E-state index contributed by atoms with van der Waals surface area (Å²) in [6.45, 7) is 0.536. The second-order valence-electron chi connectivity index (χ2n) is 7.86. The first-order valence-electron chi connectivity index (χ1n) is 9.69. The van der Waals surface area contributed by atoms with Gasteiger partial charge in [0.1, 0.15) is 5.60 Å². The number of anilines is 2. The molecule has 4 heterocycles. The van der Waals surface area contributed by atoms with E-state index in [1.165, 1.54) is 0 Å². The molecule has 4 aliphatic heterocycles. The molecule has 0 aromatic heterocycles. The summed E-state index contributed by atoms with van der Waals surface area (Å²) >= 11 is 5.98. The van der Waals surface area contributed by atoms with E-state index in [1.54, 1.807) is 47.4 Å². The zero-order chi connectivity index (χ0) is 20.5. The number of halogens is 1. The first-order valence-corrected chi connectivity index (χ1v) is 10.1. The Hall–Kier alpha value is -3.03. The van der Waals surface area contributed by atoms with Crippen LogP contribution in [0.5, 0.6) is 11.5 Å². The van der Waals surface area contributed by atoms with Crippen molar-refractivity contribution in [3.8, 4) is 11.5 Å². The number of ether oxygens (including phenoxy) is 3. The lowest BCUT2D eigenvalue weighted by Crippen LogP contribution is -2.41. The number of carbonyl (C=O) groups is 2. The molecule has 8 heteroatoms. The van der Waals surface area contributed by atoms with E-state index in [0.717, 1.165) is 5.69 Å². The van der Waals surface area contributed by atoms with Crippen molar-refractivity contribution in [2.24, 2.45) is 11.8 Å². The highest BCUT2D eigenvalue weighted by Crippen LogP contribution is 2.53. The largest absolute Gasteiger partial charge is 0.454 e. The van der Waals surface area contributed by atoms with Crippen LogP contribution in [-0.2, 0) is 14.3 Å². The van der Waals surface area contributed by atoms with Crippen LogP contribution in [-0.4, -0.2) is 36.9 Å². The average Bonchev–Trinajstić information content (AvgIpc) is 3.49. The predicted molar refractivity (Wildman–Crippen MR) is 109 cm³/mol. The maximum atomic E-state index is 13.3. The highest BCUT2D eigenvalue weighted by atomic mass is 35.5. The number of amides is 2. The summed E-state index contributed by atoms with van der Waals surface area (Å²) in [5, 5.41) is 3.51. The zero-order valence-electron chi connectivity index (χ0n) is 15.7. The molecular weight excluding hydrogens is 408 g/mol. The van der Waals surface area contributed by atoms with Crippen molar-refractivity contribution in [3.05, 3.63) is 59.6 Å². The summed E-state index contributed by atoms with van der Waals surface area (Å²) in [6, 6.07) is 12.3. The summed E-state index contributed by atoms with van der Waals surface area (Å²) < 4.78 is 16.8. The molecule has 6 rings (SSSR count). The topological polar surface area (TPSA) is 77.1 Å². The molecule has 1 N–H and O–H groups in total. The monoisotopic (exact) mass is 424 g/mol. The molecule has 4 atom stereocenters. The molecule has 0 unspecified atom stereocenters. The second kappa shape index (κ2) is 6.23. The summed E-state index contributed by atoms with van der Waals surface area (Å²) in [4.78, 5) is 28.2.